The number of benzene rings is 1. The molecule has 0 fully saturated rings. The van der Waals surface area contributed by atoms with Gasteiger partial charge in [-0.05, 0) is 26.2 Å². The molecular weight excluding hydrogens is 296 g/mol. The molecule has 0 bridgehead atoms. The van der Waals surface area contributed by atoms with Gasteiger partial charge in [-0.15, -0.1) is 0 Å². The van der Waals surface area contributed by atoms with Crippen LogP contribution in [0.4, 0.5) is 0 Å². The van der Waals surface area contributed by atoms with Gasteiger partial charge >= 0.3 is 5.63 Å². The van der Waals surface area contributed by atoms with Crippen molar-refractivity contribution in [3.05, 3.63) is 46.8 Å². The van der Waals surface area contributed by atoms with Crippen LogP contribution in [0, 0.1) is 0 Å². The highest BCUT2D eigenvalue weighted by Crippen LogP contribution is 2.08. The minimum Gasteiger partial charge on any atom is -0.423 e. The summed E-state index contributed by atoms with van der Waals surface area (Å²) < 4.78 is 32.8. The van der Waals surface area contributed by atoms with Crippen LogP contribution in [0.3, 0.4) is 0 Å². The number of nitrogens with one attached hydrogen (secondary N) is 1. The second kappa shape index (κ2) is 10.1. The lowest BCUT2D eigenvalue weighted by Crippen LogP contribution is -2.18. The Labute approximate surface area is 123 Å². The zero-order valence-electron chi connectivity index (χ0n) is 11.9. The third-order valence-electron chi connectivity index (χ3n) is 2.14. The minimum absolute atomic E-state index is 0.219. The lowest BCUT2D eigenvalue weighted by molar-refractivity contribution is 0.482. The number of fused-ring (bicyclic) bond motifs is 1. The molecule has 0 aliphatic heterocycles. The van der Waals surface area contributed by atoms with Crippen molar-refractivity contribution in [1.82, 2.24) is 5.32 Å². The fourth-order valence-electron chi connectivity index (χ4n) is 1.24. The predicted molar refractivity (Wildman–Crippen MR) is 82.9 cm³/mol. The molecule has 118 valence electrons. The van der Waals surface area contributed by atoms with Gasteiger partial charge in [0.05, 0.1) is 5.75 Å². The monoisotopic (exact) mass is 316 g/mol. The van der Waals surface area contributed by atoms with Gasteiger partial charge in [0.15, 0.2) is 0 Å². The third-order valence-corrected chi connectivity index (χ3v) is 2.86. The Morgan fingerprint density at radius 2 is 1.81 bits per heavy atom. The van der Waals surface area contributed by atoms with E-state index >= 15 is 0 Å². The maximum atomic E-state index is 10.7. The van der Waals surface area contributed by atoms with Crippen LogP contribution in [0.15, 0.2) is 45.6 Å². The van der Waals surface area contributed by atoms with Gasteiger partial charge in [0.2, 0.25) is 0 Å². The van der Waals surface area contributed by atoms with Gasteiger partial charge in [-0.2, -0.15) is 8.42 Å². The van der Waals surface area contributed by atoms with Gasteiger partial charge in [-0.1, -0.05) is 18.2 Å². The smallest absolute Gasteiger partial charge is 0.336 e. The minimum atomic E-state index is -3.75. The Morgan fingerprint density at radius 1 is 1.19 bits per heavy atom. The Hall–Kier alpha value is -1.74. The van der Waals surface area contributed by atoms with Gasteiger partial charge in [0, 0.05) is 18.0 Å². The highest BCUT2D eigenvalue weighted by molar-refractivity contribution is 7.85. The molecule has 1 heterocycles. The van der Waals surface area contributed by atoms with Crippen molar-refractivity contribution in [1.29, 1.82) is 0 Å². The number of para-hydroxylation sites is 1. The van der Waals surface area contributed by atoms with Crippen LogP contribution >= 0.6 is 0 Å². The van der Waals surface area contributed by atoms with Gasteiger partial charge in [-0.25, -0.2) is 4.79 Å². The largest absolute Gasteiger partial charge is 0.423 e. The molecule has 2 aromatic rings. The predicted octanol–water partition coefficient (Wildman–Crippen LogP) is 0.462. The average molecular weight is 316 g/mol. The van der Waals surface area contributed by atoms with E-state index in [0.29, 0.717) is 12.1 Å². The number of hydrogen-bond acceptors (Lipinski definition) is 6. The van der Waals surface area contributed by atoms with Crippen LogP contribution in [0.5, 0.6) is 0 Å². The molecule has 0 aliphatic carbocycles. The molecular formula is C13H20N2O5S. The summed E-state index contributed by atoms with van der Waals surface area (Å²) in [5.41, 5.74) is 4.84. The van der Waals surface area contributed by atoms with Crippen LogP contribution in [-0.2, 0) is 10.1 Å². The van der Waals surface area contributed by atoms with E-state index in [1.807, 2.05) is 18.2 Å². The lowest BCUT2D eigenvalue weighted by Gasteiger charge is -1.92. The van der Waals surface area contributed by atoms with Crippen molar-refractivity contribution in [2.45, 2.75) is 0 Å². The first-order valence-electron chi connectivity index (χ1n) is 6.09. The average Bonchev–Trinajstić information content (AvgIpc) is 2.47. The summed E-state index contributed by atoms with van der Waals surface area (Å²) in [6.45, 7) is 0.291. The molecule has 8 heteroatoms. The zero-order chi connectivity index (χ0) is 16.3. The third kappa shape index (κ3) is 8.92. The van der Waals surface area contributed by atoms with Crippen molar-refractivity contribution in [2.75, 3.05) is 26.4 Å². The van der Waals surface area contributed by atoms with E-state index in [4.69, 9.17) is 8.97 Å². The second-order valence-corrected chi connectivity index (χ2v) is 5.25. The molecule has 0 aliphatic rings. The first-order valence-corrected chi connectivity index (χ1v) is 7.70. The molecule has 2 rings (SSSR count). The maximum absolute atomic E-state index is 10.7. The van der Waals surface area contributed by atoms with E-state index in [-0.39, 0.29) is 11.4 Å². The Balaban J connectivity index is 0.000000358. The van der Waals surface area contributed by atoms with Gasteiger partial charge in [-0.3, -0.25) is 4.55 Å². The molecule has 0 radical (unpaired) electrons. The Morgan fingerprint density at radius 3 is 2.33 bits per heavy atom. The normalized spacial score (nSPS) is 10.1. The SMILES string of the molecule is CN.CNCCS(=O)(=O)O.O=c1ccc2ccccc2o1. The molecule has 0 spiro atoms. The van der Waals surface area contributed by atoms with Gasteiger partial charge < -0.3 is 15.5 Å². The van der Waals surface area contributed by atoms with E-state index in [2.05, 4.69) is 11.1 Å². The fourth-order valence-corrected chi connectivity index (χ4v) is 1.70. The van der Waals surface area contributed by atoms with Gasteiger partial charge in [0.25, 0.3) is 10.1 Å². The Kier molecular flexibility index (Phi) is 9.22. The molecule has 1 aromatic carbocycles. The van der Waals surface area contributed by atoms with Crippen LogP contribution < -0.4 is 16.7 Å². The van der Waals surface area contributed by atoms with Crippen LogP contribution in [0.2, 0.25) is 0 Å². The van der Waals surface area contributed by atoms with Crippen LogP contribution in [-0.4, -0.2) is 39.4 Å². The van der Waals surface area contributed by atoms with Crippen LogP contribution in [0.1, 0.15) is 0 Å². The molecule has 0 saturated heterocycles. The van der Waals surface area contributed by atoms with E-state index in [1.54, 1.807) is 19.2 Å². The fraction of sp³-hybridized carbons (Fsp3) is 0.308. The highest BCUT2D eigenvalue weighted by atomic mass is 32.2. The molecule has 0 unspecified atom stereocenters. The van der Waals surface area contributed by atoms with Crippen molar-refractivity contribution >= 4 is 21.1 Å². The zero-order valence-corrected chi connectivity index (χ0v) is 12.8. The van der Waals surface area contributed by atoms with Crippen molar-refractivity contribution < 1.29 is 17.4 Å². The Bertz CT molecular complexity index is 682. The molecule has 7 nitrogen and oxygen atoms in total. The highest BCUT2D eigenvalue weighted by Gasteiger charge is 2.00. The first kappa shape index (κ1) is 19.3. The molecule has 4 N–H and O–H groups in total. The lowest BCUT2D eigenvalue weighted by atomic mass is 10.2. The quantitative estimate of drug-likeness (QED) is 0.555. The number of rotatable bonds is 3. The standard InChI is InChI=1S/C9H6O2.C3H9NO3S.CH5N/c10-9-6-5-7-3-1-2-4-8(7)11-9;1-4-2-3-8(5,6)7;1-2/h1-6H;4H,2-3H2,1H3,(H,5,6,7);2H2,1H3. The summed E-state index contributed by atoms with van der Waals surface area (Å²) in [5, 5.41) is 3.54. The van der Waals surface area contributed by atoms with Crippen LogP contribution in [0.25, 0.3) is 11.0 Å². The molecule has 21 heavy (non-hydrogen) atoms. The number of nitrogens with two attached hydrogens (primary N) is 1. The maximum Gasteiger partial charge on any atom is 0.336 e. The molecule has 0 atom stereocenters. The summed E-state index contributed by atoms with van der Waals surface area (Å²) in [7, 11) is -0.633. The molecule has 0 amide bonds. The van der Waals surface area contributed by atoms with E-state index < -0.39 is 10.1 Å². The summed E-state index contributed by atoms with van der Waals surface area (Å²) in [5.74, 6) is -0.219. The summed E-state index contributed by atoms with van der Waals surface area (Å²) in [6, 6.07) is 10.6. The van der Waals surface area contributed by atoms with E-state index in [1.165, 1.54) is 13.1 Å². The molecule has 0 saturated carbocycles. The van der Waals surface area contributed by atoms with Crippen molar-refractivity contribution in [3.8, 4) is 0 Å². The topological polar surface area (TPSA) is 123 Å². The van der Waals surface area contributed by atoms with Gasteiger partial charge in [0.1, 0.15) is 5.58 Å². The summed E-state index contributed by atoms with van der Waals surface area (Å²) >= 11 is 0. The van der Waals surface area contributed by atoms with E-state index in [9.17, 15) is 13.2 Å². The van der Waals surface area contributed by atoms with E-state index in [0.717, 1.165) is 5.39 Å². The summed E-state index contributed by atoms with van der Waals surface area (Å²) in [4.78, 5) is 10.7. The van der Waals surface area contributed by atoms with Crippen molar-refractivity contribution in [2.24, 2.45) is 5.73 Å². The van der Waals surface area contributed by atoms with Crippen molar-refractivity contribution in [3.63, 3.8) is 0 Å². The first-order chi connectivity index (χ1) is 9.92. The number of hydrogen-bond donors (Lipinski definition) is 3. The summed E-state index contributed by atoms with van der Waals surface area (Å²) in [6.07, 6.45) is 0. The second-order valence-electron chi connectivity index (χ2n) is 3.68. The molecule has 1 aromatic heterocycles.